The van der Waals surface area contributed by atoms with Crippen LogP contribution >= 0.6 is 0 Å². The number of carbonyl (C=O) groups is 1. The van der Waals surface area contributed by atoms with E-state index >= 15 is 0 Å². The van der Waals surface area contributed by atoms with E-state index in [2.05, 4.69) is 10.3 Å². The number of pyridine rings is 1. The third-order valence-electron chi connectivity index (χ3n) is 2.91. The molecule has 0 aliphatic rings. The molecule has 2 aromatic heterocycles. The van der Waals surface area contributed by atoms with Crippen LogP contribution in [0.25, 0.3) is 11.2 Å². The van der Waals surface area contributed by atoms with Crippen LogP contribution in [0.3, 0.4) is 0 Å². The van der Waals surface area contributed by atoms with Crippen LogP contribution in [0, 0.1) is 0 Å². The topological polar surface area (TPSA) is 68.9 Å². The van der Waals surface area contributed by atoms with Crippen LogP contribution in [-0.4, -0.2) is 25.6 Å². The van der Waals surface area contributed by atoms with Crippen molar-refractivity contribution in [1.82, 2.24) is 19.4 Å². The molecule has 6 nitrogen and oxygen atoms in total. The van der Waals surface area contributed by atoms with E-state index in [1.807, 2.05) is 27.7 Å². The van der Waals surface area contributed by atoms with E-state index in [-0.39, 0.29) is 23.7 Å². The number of imidazole rings is 1. The smallest absolute Gasteiger partial charge is 0.330 e. The Balaban J connectivity index is 2.43. The van der Waals surface area contributed by atoms with E-state index in [9.17, 15) is 9.59 Å². The summed E-state index contributed by atoms with van der Waals surface area (Å²) in [7, 11) is 0. The number of nitrogens with zero attached hydrogens (tertiary/aromatic N) is 3. The van der Waals surface area contributed by atoms with Gasteiger partial charge in [-0.15, -0.1) is 0 Å². The predicted molar refractivity (Wildman–Crippen MR) is 77.6 cm³/mol. The molecule has 0 aliphatic heterocycles. The number of aryl methyl sites for hydroxylation is 1. The lowest BCUT2D eigenvalue weighted by Crippen LogP contribution is -2.43. The standard InChI is InChI=1S/C14H20N4O2/c1-5-17-12-10(7-6-8-15-12)18(13(17)20)9-11(19)16-14(2,3)4/h6-8H,5,9H2,1-4H3,(H,16,19). The van der Waals surface area contributed by atoms with Crippen molar-refractivity contribution in [2.45, 2.75) is 46.3 Å². The number of aromatic nitrogens is 3. The van der Waals surface area contributed by atoms with E-state index < -0.39 is 0 Å². The molecule has 0 aliphatic carbocycles. The van der Waals surface area contributed by atoms with Crippen molar-refractivity contribution in [1.29, 1.82) is 0 Å². The first kappa shape index (κ1) is 14.3. The zero-order valence-electron chi connectivity index (χ0n) is 12.3. The van der Waals surface area contributed by atoms with Gasteiger partial charge in [0.25, 0.3) is 0 Å². The molecule has 2 rings (SSSR count). The summed E-state index contributed by atoms with van der Waals surface area (Å²) in [4.78, 5) is 28.6. The molecule has 0 atom stereocenters. The molecule has 0 saturated heterocycles. The predicted octanol–water partition coefficient (Wildman–Crippen LogP) is 1.13. The lowest BCUT2D eigenvalue weighted by atomic mass is 10.1. The molecule has 20 heavy (non-hydrogen) atoms. The van der Waals surface area contributed by atoms with Crippen molar-refractivity contribution in [3.05, 3.63) is 28.8 Å². The Morgan fingerprint density at radius 1 is 1.35 bits per heavy atom. The Bertz CT molecular complexity index is 691. The molecular formula is C14H20N4O2. The largest absolute Gasteiger partial charge is 0.350 e. The minimum absolute atomic E-state index is 0.00525. The van der Waals surface area contributed by atoms with Crippen LogP contribution in [0.4, 0.5) is 0 Å². The highest BCUT2D eigenvalue weighted by Gasteiger charge is 2.18. The molecule has 0 bridgehead atoms. The lowest BCUT2D eigenvalue weighted by molar-refractivity contribution is -0.123. The number of fused-ring (bicyclic) bond motifs is 1. The van der Waals surface area contributed by atoms with E-state index in [1.54, 1.807) is 22.9 Å². The third-order valence-corrected chi connectivity index (χ3v) is 2.91. The highest BCUT2D eigenvalue weighted by Crippen LogP contribution is 2.09. The summed E-state index contributed by atoms with van der Waals surface area (Å²) in [5, 5.41) is 2.86. The second kappa shape index (κ2) is 5.11. The van der Waals surface area contributed by atoms with Crippen molar-refractivity contribution in [2.24, 2.45) is 0 Å². The molecule has 2 heterocycles. The molecule has 0 aromatic carbocycles. The number of amides is 1. The highest BCUT2D eigenvalue weighted by atomic mass is 16.2. The van der Waals surface area contributed by atoms with Gasteiger partial charge in [-0.2, -0.15) is 0 Å². The number of carbonyl (C=O) groups excluding carboxylic acids is 1. The monoisotopic (exact) mass is 276 g/mol. The fourth-order valence-electron chi connectivity index (χ4n) is 2.19. The highest BCUT2D eigenvalue weighted by molar-refractivity contribution is 5.79. The van der Waals surface area contributed by atoms with Crippen LogP contribution in [0.5, 0.6) is 0 Å². The SMILES string of the molecule is CCn1c(=O)n(CC(=O)NC(C)(C)C)c2cccnc21. The molecule has 0 saturated carbocycles. The van der Waals surface area contributed by atoms with Gasteiger partial charge in [0, 0.05) is 18.3 Å². The fraction of sp³-hybridized carbons (Fsp3) is 0.500. The van der Waals surface area contributed by atoms with E-state index in [0.717, 1.165) is 0 Å². The van der Waals surface area contributed by atoms with Crippen LogP contribution < -0.4 is 11.0 Å². The van der Waals surface area contributed by atoms with Gasteiger partial charge in [0.1, 0.15) is 6.54 Å². The molecule has 0 fully saturated rings. The molecule has 0 unspecified atom stereocenters. The van der Waals surface area contributed by atoms with Crippen LogP contribution in [-0.2, 0) is 17.9 Å². The van der Waals surface area contributed by atoms with Gasteiger partial charge in [0.15, 0.2) is 5.65 Å². The first-order valence-corrected chi connectivity index (χ1v) is 6.68. The van der Waals surface area contributed by atoms with E-state index in [4.69, 9.17) is 0 Å². The zero-order chi connectivity index (χ0) is 14.9. The Hall–Kier alpha value is -2.11. The summed E-state index contributed by atoms with van der Waals surface area (Å²) < 4.78 is 3.03. The molecule has 0 radical (unpaired) electrons. The second-order valence-corrected chi connectivity index (χ2v) is 5.76. The molecule has 1 N–H and O–H groups in total. The summed E-state index contributed by atoms with van der Waals surface area (Å²) >= 11 is 0. The third kappa shape index (κ3) is 2.74. The molecule has 108 valence electrons. The molecule has 0 spiro atoms. The van der Waals surface area contributed by atoms with E-state index in [1.165, 1.54) is 4.57 Å². The van der Waals surface area contributed by atoms with Crippen LogP contribution in [0.1, 0.15) is 27.7 Å². The molecular weight excluding hydrogens is 256 g/mol. The van der Waals surface area contributed by atoms with Crippen molar-refractivity contribution < 1.29 is 4.79 Å². The van der Waals surface area contributed by atoms with E-state index in [0.29, 0.717) is 17.7 Å². The Labute approximate surface area is 117 Å². The molecule has 6 heteroatoms. The summed E-state index contributed by atoms with van der Waals surface area (Å²) in [5.41, 5.74) is 0.777. The van der Waals surface area contributed by atoms with Gasteiger partial charge in [0.05, 0.1) is 5.52 Å². The van der Waals surface area contributed by atoms with Gasteiger partial charge in [-0.1, -0.05) is 0 Å². The summed E-state index contributed by atoms with van der Waals surface area (Å²) in [6.07, 6.45) is 1.65. The van der Waals surface area contributed by atoms with Gasteiger partial charge < -0.3 is 5.32 Å². The van der Waals surface area contributed by atoms with Gasteiger partial charge in [-0.3, -0.25) is 13.9 Å². The Morgan fingerprint density at radius 3 is 2.65 bits per heavy atom. The quantitative estimate of drug-likeness (QED) is 0.913. The maximum absolute atomic E-state index is 12.3. The Morgan fingerprint density at radius 2 is 2.05 bits per heavy atom. The summed E-state index contributed by atoms with van der Waals surface area (Å²) in [6, 6.07) is 3.57. The van der Waals surface area contributed by atoms with Gasteiger partial charge in [0.2, 0.25) is 5.91 Å². The minimum atomic E-state index is -0.317. The molecule has 2 aromatic rings. The maximum Gasteiger partial charge on any atom is 0.330 e. The first-order valence-electron chi connectivity index (χ1n) is 6.68. The normalized spacial score (nSPS) is 11.8. The number of hydrogen-bond donors (Lipinski definition) is 1. The van der Waals surface area contributed by atoms with Crippen molar-refractivity contribution in [2.75, 3.05) is 0 Å². The lowest BCUT2D eigenvalue weighted by Gasteiger charge is -2.20. The van der Waals surface area contributed by atoms with Crippen LogP contribution in [0.2, 0.25) is 0 Å². The molecule has 1 amide bonds. The van der Waals surface area contributed by atoms with Crippen molar-refractivity contribution >= 4 is 17.1 Å². The summed E-state index contributed by atoms with van der Waals surface area (Å²) in [5.74, 6) is -0.182. The zero-order valence-corrected chi connectivity index (χ0v) is 12.3. The maximum atomic E-state index is 12.3. The van der Waals surface area contributed by atoms with Crippen molar-refractivity contribution in [3.63, 3.8) is 0 Å². The number of rotatable bonds is 3. The second-order valence-electron chi connectivity index (χ2n) is 5.76. The summed E-state index contributed by atoms with van der Waals surface area (Å²) in [6.45, 7) is 8.14. The van der Waals surface area contributed by atoms with Gasteiger partial charge in [-0.25, -0.2) is 9.78 Å². The average Bonchev–Trinajstić information content (AvgIpc) is 2.60. The average molecular weight is 276 g/mol. The first-order chi connectivity index (χ1) is 9.33. The van der Waals surface area contributed by atoms with Gasteiger partial charge >= 0.3 is 5.69 Å². The minimum Gasteiger partial charge on any atom is -0.350 e. The van der Waals surface area contributed by atoms with Crippen LogP contribution in [0.15, 0.2) is 23.1 Å². The van der Waals surface area contributed by atoms with Gasteiger partial charge in [-0.05, 0) is 39.8 Å². The van der Waals surface area contributed by atoms with Crippen molar-refractivity contribution in [3.8, 4) is 0 Å². The number of nitrogens with one attached hydrogen (secondary N) is 1. The fourth-order valence-corrected chi connectivity index (χ4v) is 2.19. The Kier molecular flexibility index (Phi) is 3.65. The number of hydrogen-bond acceptors (Lipinski definition) is 3.